The van der Waals surface area contributed by atoms with Crippen molar-refractivity contribution in [1.29, 1.82) is 0 Å². The Morgan fingerprint density at radius 2 is 2.12 bits per heavy atom. The molecule has 7 nitrogen and oxygen atoms in total. The molecule has 0 spiro atoms. The number of hydrogen-bond acceptors (Lipinski definition) is 7. The Kier molecular flexibility index (Phi) is 7.05. The van der Waals surface area contributed by atoms with Gasteiger partial charge in [0.25, 0.3) is 0 Å². The largest absolute Gasteiger partial charge is 0.392 e. The molecule has 0 fully saturated rings. The number of ether oxygens (including phenoxy) is 2. The summed E-state index contributed by atoms with van der Waals surface area (Å²) in [4.78, 5) is 4.52. The van der Waals surface area contributed by atoms with Gasteiger partial charge in [-0.2, -0.15) is 0 Å². The quantitative estimate of drug-likeness (QED) is 0.393. The summed E-state index contributed by atoms with van der Waals surface area (Å²) >= 11 is 1.49. The SMILES string of the molecule is CC(O)Cn1cnnc1-c1nc(COCOCC[Si](C)(C)C)cs1. The zero-order chi connectivity index (χ0) is 17.6. The third kappa shape index (κ3) is 6.40. The molecule has 0 aromatic carbocycles. The zero-order valence-electron chi connectivity index (χ0n) is 14.7. The predicted molar refractivity (Wildman–Crippen MR) is 96.6 cm³/mol. The fourth-order valence-corrected chi connectivity index (χ4v) is 3.52. The summed E-state index contributed by atoms with van der Waals surface area (Å²) in [7, 11) is -1.05. The van der Waals surface area contributed by atoms with Crippen molar-refractivity contribution in [3.8, 4) is 10.8 Å². The van der Waals surface area contributed by atoms with E-state index in [9.17, 15) is 5.11 Å². The highest BCUT2D eigenvalue weighted by molar-refractivity contribution is 7.13. The van der Waals surface area contributed by atoms with Gasteiger partial charge in [0, 0.05) is 20.1 Å². The summed E-state index contributed by atoms with van der Waals surface area (Å²) in [5.41, 5.74) is 0.843. The molecule has 134 valence electrons. The molecular weight excluding hydrogens is 344 g/mol. The molecule has 2 rings (SSSR count). The maximum atomic E-state index is 9.51. The van der Waals surface area contributed by atoms with E-state index in [1.54, 1.807) is 17.8 Å². The molecule has 1 atom stereocenters. The van der Waals surface area contributed by atoms with Crippen LogP contribution >= 0.6 is 11.3 Å². The number of aliphatic hydroxyl groups excluding tert-OH is 1. The van der Waals surface area contributed by atoms with Crippen molar-refractivity contribution in [2.75, 3.05) is 13.4 Å². The highest BCUT2D eigenvalue weighted by Crippen LogP contribution is 2.22. The zero-order valence-corrected chi connectivity index (χ0v) is 16.5. The molecule has 0 amide bonds. The molecule has 2 aromatic heterocycles. The molecular formula is C15H26N4O3SSi. The topological polar surface area (TPSA) is 82.3 Å². The first kappa shape index (κ1) is 19.2. The Balaban J connectivity index is 1.78. The van der Waals surface area contributed by atoms with Gasteiger partial charge in [0.1, 0.15) is 13.1 Å². The van der Waals surface area contributed by atoms with Gasteiger partial charge >= 0.3 is 0 Å². The lowest BCUT2D eigenvalue weighted by Crippen LogP contribution is -2.22. The van der Waals surface area contributed by atoms with Gasteiger partial charge in [-0.1, -0.05) is 19.6 Å². The Hall–Kier alpha value is -1.13. The van der Waals surface area contributed by atoms with Crippen molar-refractivity contribution >= 4 is 19.4 Å². The minimum Gasteiger partial charge on any atom is -0.392 e. The lowest BCUT2D eigenvalue weighted by atomic mass is 10.4. The molecule has 0 saturated carbocycles. The van der Waals surface area contributed by atoms with Crippen LogP contribution in [0.5, 0.6) is 0 Å². The Bertz CT molecular complexity index is 624. The van der Waals surface area contributed by atoms with Crippen LogP contribution in [0.4, 0.5) is 0 Å². The molecule has 2 heterocycles. The van der Waals surface area contributed by atoms with E-state index in [-0.39, 0.29) is 6.79 Å². The normalized spacial score (nSPS) is 13.4. The molecule has 1 unspecified atom stereocenters. The maximum Gasteiger partial charge on any atom is 0.192 e. The minimum absolute atomic E-state index is 0.287. The first-order valence-corrected chi connectivity index (χ1v) is 12.6. The predicted octanol–water partition coefficient (Wildman–Crippen LogP) is 2.61. The van der Waals surface area contributed by atoms with Gasteiger partial charge in [0.05, 0.1) is 24.9 Å². The minimum atomic E-state index is -1.05. The lowest BCUT2D eigenvalue weighted by Gasteiger charge is -2.15. The fourth-order valence-electron chi connectivity index (χ4n) is 1.96. The van der Waals surface area contributed by atoms with Crippen LogP contribution in [0, 0.1) is 0 Å². The summed E-state index contributed by atoms with van der Waals surface area (Å²) in [6.45, 7) is 10.6. The monoisotopic (exact) mass is 370 g/mol. The van der Waals surface area contributed by atoms with E-state index >= 15 is 0 Å². The van der Waals surface area contributed by atoms with E-state index in [0.717, 1.165) is 23.4 Å². The standard InChI is InChI=1S/C15H26N4O3SSi/c1-12(20)7-19-10-16-18-14(19)15-17-13(9-23-15)8-22-11-21-5-6-24(2,3)4/h9-10,12,20H,5-8,11H2,1-4H3. The Labute approximate surface area is 147 Å². The van der Waals surface area contributed by atoms with Crippen LogP contribution in [0.15, 0.2) is 11.7 Å². The lowest BCUT2D eigenvalue weighted by molar-refractivity contribution is -0.0581. The van der Waals surface area contributed by atoms with E-state index in [2.05, 4.69) is 34.8 Å². The third-order valence-electron chi connectivity index (χ3n) is 3.23. The molecule has 9 heteroatoms. The Morgan fingerprint density at radius 3 is 2.83 bits per heavy atom. The number of aliphatic hydroxyl groups is 1. The highest BCUT2D eigenvalue weighted by Gasteiger charge is 2.14. The molecule has 0 saturated heterocycles. The van der Waals surface area contributed by atoms with Gasteiger partial charge in [0.15, 0.2) is 10.8 Å². The fraction of sp³-hybridized carbons (Fsp3) is 0.667. The van der Waals surface area contributed by atoms with Crippen LogP contribution in [0.25, 0.3) is 10.8 Å². The number of thiazole rings is 1. The number of hydrogen-bond donors (Lipinski definition) is 1. The van der Waals surface area contributed by atoms with E-state index in [1.165, 1.54) is 11.3 Å². The summed E-state index contributed by atoms with van der Waals surface area (Å²) in [5, 5.41) is 20.2. The smallest absolute Gasteiger partial charge is 0.192 e. The molecule has 2 aromatic rings. The summed E-state index contributed by atoms with van der Waals surface area (Å²) in [5.74, 6) is 0.665. The van der Waals surface area contributed by atoms with E-state index < -0.39 is 14.2 Å². The number of aromatic nitrogens is 4. The molecule has 1 N–H and O–H groups in total. The van der Waals surface area contributed by atoms with Crippen molar-refractivity contribution in [3.05, 3.63) is 17.4 Å². The highest BCUT2D eigenvalue weighted by atomic mass is 32.1. The van der Waals surface area contributed by atoms with Crippen molar-refractivity contribution in [2.45, 2.75) is 51.9 Å². The maximum absolute atomic E-state index is 9.51. The number of nitrogens with zero attached hydrogens (tertiary/aromatic N) is 4. The second-order valence-corrected chi connectivity index (χ2v) is 13.5. The summed E-state index contributed by atoms with van der Waals surface area (Å²) in [6, 6.07) is 1.14. The second-order valence-electron chi connectivity index (χ2n) is 6.99. The number of rotatable bonds is 10. The van der Waals surface area contributed by atoms with E-state index in [1.807, 2.05) is 5.38 Å². The van der Waals surface area contributed by atoms with Crippen molar-refractivity contribution in [1.82, 2.24) is 19.7 Å². The van der Waals surface area contributed by atoms with Gasteiger partial charge < -0.3 is 19.1 Å². The van der Waals surface area contributed by atoms with Crippen LogP contribution in [0.3, 0.4) is 0 Å². The third-order valence-corrected chi connectivity index (χ3v) is 5.82. The molecule has 0 radical (unpaired) electrons. The summed E-state index contributed by atoms with van der Waals surface area (Å²) in [6.07, 6.45) is 1.14. The van der Waals surface area contributed by atoms with Crippen LogP contribution < -0.4 is 0 Å². The average Bonchev–Trinajstić information content (AvgIpc) is 3.09. The van der Waals surface area contributed by atoms with Gasteiger partial charge in [-0.3, -0.25) is 0 Å². The molecule has 0 aliphatic carbocycles. The van der Waals surface area contributed by atoms with Gasteiger partial charge in [-0.25, -0.2) is 4.98 Å². The molecule has 0 aliphatic heterocycles. The molecule has 24 heavy (non-hydrogen) atoms. The first-order valence-electron chi connectivity index (χ1n) is 8.01. The van der Waals surface area contributed by atoms with Gasteiger partial charge in [-0.05, 0) is 13.0 Å². The van der Waals surface area contributed by atoms with Gasteiger partial charge in [-0.15, -0.1) is 21.5 Å². The molecule has 0 bridgehead atoms. The first-order chi connectivity index (χ1) is 11.3. The van der Waals surface area contributed by atoms with Crippen LogP contribution in [0.1, 0.15) is 12.6 Å². The van der Waals surface area contributed by atoms with Crippen molar-refractivity contribution in [3.63, 3.8) is 0 Å². The van der Waals surface area contributed by atoms with E-state index in [0.29, 0.717) is 19.0 Å². The van der Waals surface area contributed by atoms with Gasteiger partial charge in [0.2, 0.25) is 0 Å². The van der Waals surface area contributed by atoms with Crippen LogP contribution in [0.2, 0.25) is 25.7 Å². The van der Waals surface area contributed by atoms with E-state index in [4.69, 9.17) is 9.47 Å². The molecule has 0 aliphatic rings. The van der Waals surface area contributed by atoms with Crippen molar-refractivity contribution in [2.24, 2.45) is 0 Å². The van der Waals surface area contributed by atoms with Crippen molar-refractivity contribution < 1.29 is 14.6 Å². The van der Waals surface area contributed by atoms with Crippen LogP contribution in [-0.2, 0) is 22.6 Å². The summed E-state index contributed by atoms with van der Waals surface area (Å²) < 4.78 is 12.8. The average molecular weight is 371 g/mol. The Morgan fingerprint density at radius 1 is 1.33 bits per heavy atom. The van der Waals surface area contributed by atoms with Crippen LogP contribution in [-0.4, -0.2) is 52.4 Å². The second kappa shape index (κ2) is 8.81.